The molecular weight excluding hydrogens is 492 g/mol. The molecule has 0 amide bonds. The van der Waals surface area contributed by atoms with Crippen molar-refractivity contribution in [3.05, 3.63) is 108 Å². The first-order chi connectivity index (χ1) is 18.9. The summed E-state index contributed by atoms with van der Waals surface area (Å²) >= 11 is 0. The summed E-state index contributed by atoms with van der Waals surface area (Å²) in [6.07, 6.45) is -1.67. The Bertz CT molecular complexity index is 1130. The van der Waals surface area contributed by atoms with Crippen LogP contribution in [-0.4, -0.2) is 36.7 Å². The highest BCUT2D eigenvalue weighted by atomic mass is 16.7. The number of hydrogen-bond donors (Lipinski definition) is 0. The van der Waals surface area contributed by atoms with Gasteiger partial charge in [-0.25, -0.2) is 0 Å². The average molecular weight is 533 g/mol. The van der Waals surface area contributed by atoms with Gasteiger partial charge in [-0.3, -0.25) is 4.79 Å². The lowest BCUT2D eigenvalue weighted by molar-refractivity contribution is -0.362. The van der Waals surface area contributed by atoms with Gasteiger partial charge < -0.3 is 23.7 Å². The van der Waals surface area contributed by atoms with Gasteiger partial charge in [-0.15, -0.1) is 0 Å². The third-order valence-electron chi connectivity index (χ3n) is 6.83. The van der Waals surface area contributed by atoms with Crippen molar-refractivity contribution in [3.63, 3.8) is 0 Å². The van der Waals surface area contributed by atoms with Gasteiger partial charge in [-0.05, 0) is 43.4 Å². The van der Waals surface area contributed by atoms with Crippen LogP contribution in [0.5, 0.6) is 0 Å². The highest BCUT2D eigenvalue weighted by Gasteiger charge is 2.50. The van der Waals surface area contributed by atoms with Gasteiger partial charge in [0.25, 0.3) is 0 Å². The molecule has 3 aromatic rings. The molecule has 1 aliphatic rings. The minimum Gasteiger partial charge on any atom is -0.466 e. The van der Waals surface area contributed by atoms with E-state index in [4.69, 9.17) is 23.7 Å². The fourth-order valence-corrected chi connectivity index (χ4v) is 5.02. The zero-order chi connectivity index (χ0) is 27.7. The molecule has 0 spiro atoms. The minimum absolute atomic E-state index is 0.180. The van der Waals surface area contributed by atoms with Crippen LogP contribution in [0.4, 0.5) is 0 Å². The summed E-state index contributed by atoms with van der Waals surface area (Å²) in [5.74, 6) is -1.36. The highest BCUT2D eigenvalue weighted by molar-refractivity contribution is 5.69. The second-order valence-corrected chi connectivity index (χ2v) is 10.4. The van der Waals surface area contributed by atoms with Crippen molar-refractivity contribution in [3.8, 4) is 0 Å². The number of rotatable bonds is 12. The summed E-state index contributed by atoms with van der Waals surface area (Å²) in [7, 11) is 0. The van der Waals surface area contributed by atoms with E-state index in [-0.39, 0.29) is 18.3 Å². The highest BCUT2D eigenvalue weighted by Crippen LogP contribution is 2.40. The lowest BCUT2D eigenvalue weighted by Gasteiger charge is -2.49. The minimum atomic E-state index is -0.923. The molecule has 1 saturated heterocycles. The van der Waals surface area contributed by atoms with Crippen LogP contribution in [0, 0.1) is 5.92 Å². The third-order valence-corrected chi connectivity index (χ3v) is 6.83. The molecule has 0 aromatic heterocycles. The molecule has 0 unspecified atom stereocenters. The predicted octanol–water partition coefficient (Wildman–Crippen LogP) is 6.64. The molecular formula is C33H40O6. The van der Waals surface area contributed by atoms with E-state index in [1.54, 1.807) is 0 Å². The predicted molar refractivity (Wildman–Crippen MR) is 150 cm³/mol. The van der Waals surface area contributed by atoms with Gasteiger partial charge in [0.15, 0.2) is 5.79 Å². The second-order valence-electron chi connectivity index (χ2n) is 10.4. The van der Waals surface area contributed by atoms with E-state index in [0.717, 1.165) is 16.7 Å². The van der Waals surface area contributed by atoms with Gasteiger partial charge in [0, 0.05) is 0 Å². The Hall–Kier alpha value is -3.03. The number of hydrogen-bond acceptors (Lipinski definition) is 6. The fraction of sp³-hybridized carbons (Fsp3) is 0.424. The maximum Gasteiger partial charge on any atom is 0.306 e. The van der Waals surface area contributed by atoms with Crippen LogP contribution in [0.2, 0.25) is 0 Å². The zero-order valence-electron chi connectivity index (χ0n) is 23.3. The smallest absolute Gasteiger partial charge is 0.306 e. The first-order valence-electron chi connectivity index (χ1n) is 13.7. The topological polar surface area (TPSA) is 63.2 Å². The van der Waals surface area contributed by atoms with Crippen molar-refractivity contribution in [2.24, 2.45) is 5.92 Å². The number of esters is 1. The van der Waals surface area contributed by atoms with E-state index in [0.29, 0.717) is 19.8 Å². The van der Waals surface area contributed by atoms with Crippen molar-refractivity contribution in [1.82, 2.24) is 0 Å². The summed E-state index contributed by atoms with van der Waals surface area (Å²) in [6.45, 7) is 8.74. The van der Waals surface area contributed by atoms with E-state index in [2.05, 4.69) is 0 Å². The number of carbonyl (C=O) groups is 1. The van der Waals surface area contributed by atoms with Crippen LogP contribution < -0.4 is 0 Å². The molecule has 6 nitrogen and oxygen atoms in total. The Morgan fingerprint density at radius 2 is 1.36 bits per heavy atom. The summed E-state index contributed by atoms with van der Waals surface area (Å²) in [4.78, 5) is 12.5. The lowest BCUT2D eigenvalue weighted by atomic mass is 9.87. The van der Waals surface area contributed by atoms with Crippen molar-refractivity contribution in [1.29, 1.82) is 0 Å². The van der Waals surface area contributed by atoms with Gasteiger partial charge in [-0.2, -0.15) is 0 Å². The van der Waals surface area contributed by atoms with Crippen molar-refractivity contribution in [2.75, 3.05) is 6.61 Å². The molecule has 1 fully saturated rings. The van der Waals surface area contributed by atoms with E-state index in [1.807, 2.05) is 119 Å². The summed E-state index contributed by atoms with van der Waals surface area (Å²) < 4.78 is 31.6. The van der Waals surface area contributed by atoms with E-state index in [9.17, 15) is 4.79 Å². The molecule has 0 N–H and O–H groups in total. The molecule has 5 atom stereocenters. The van der Waals surface area contributed by atoms with Crippen LogP contribution in [0.1, 0.15) is 56.9 Å². The third kappa shape index (κ3) is 8.23. The number of carbonyl (C=O) groups excluding carboxylic acids is 1. The molecule has 1 heterocycles. The van der Waals surface area contributed by atoms with Crippen molar-refractivity contribution in [2.45, 2.75) is 77.5 Å². The molecule has 0 aliphatic carbocycles. The van der Waals surface area contributed by atoms with Crippen LogP contribution in [0.15, 0.2) is 91.0 Å². The maximum atomic E-state index is 12.5. The Labute approximate surface area is 232 Å². The van der Waals surface area contributed by atoms with Gasteiger partial charge in [0.2, 0.25) is 0 Å². The number of benzene rings is 3. The standard InChI is InChI=1S/C33H40O6/c1-5-35-28(34)21-24(2)29-31(37-23-26-17-11-7-12-18-26)32(39-33(3,4)38-29)30(27-19-13-8-14-20-27)36-22-25-15-9-6-10-16-25/h6-20,24,29-32H,5,21-23H2,1-4H3/t24-,29-,30+,31+,32+/m0/s1. The van der Waals surface area contributed by atoms with E-state index in [1.165, 1.54) is 0 Å². The molecule has 4 rings (SSSR count). The monoisotopic (exact) mass is 532 g/mol. The van der Waals surface area contributed by atoms with Crippen molar-refractivity contribution < 1.29 is 28.5 Å². The molecule has 208 valence electrons. The fourth-order valence-electron chi connectivity index (χ4n) is 5.02. The molecule has 0 saturated carbocycles. The van der Waals surface area contributed by atoms with Gasteiger partial charge in [0.1, 0.15) is 18.3 Å². The lowest BCUT2D eigenvalue weighted by Crippen LogP contribution is -2.59. The second kappa shape index (κ2) is 13.9. The summed E-state index contributed by atoms with van der Waals surface area (Å²) in [5.41, 5.74) is 3.10. The first-order valence-corrected chi connectivity index (χ1v) is 13.7. The zero-order valence-corrected chi connectivity index (χ0v) is 23.3. The van der Waals surface area contributed by atoms with Gasteiger partial charge in [0.05, 0.1) is 32.3 Å². The Morgan fingerprint density at radius 3 is 1.95 bits per heavy atom. The molecule has 6 heteroatoms. The van der Waals surface area contributed by atoms with Gasteiger partial charge >= 0.3 is 5.97 Å². The average Bonchev–Trinajstić information content (AvgIpc) is 2.94. The largest absolute Gasteiger partial charge is 0.466 e. The molecule has 0 radical (unpaired) electrons. The van der Waals surface area contributed by atoms with Crippen LogP contribution in [0.25, 0.3) is 0 Å². The van der Waals surface area contributed by atoms with Crippen LogP contribution in [0.3, 0.4) is 0 Å². The Kier molecular flexibility index (Phi) is 10.3. The van der Waals surface area contributed by atoms with Crippen LogP contribution >= 0.6 is 0 Å². The molecule has 0 bridgehead atoms. The normalized spacial score (nSPS) is 22.1. The van der Waals surface area contributed by atoms with Crippen LogP contribution in [-0.2, 0) is 41.7 Å². The Balaban J connectivity index is 1.68. The Morgan fingerprint density at radius 1 is 0.821 bits per heavy atom. The van der Waals surface area contributed by atoms with E-state index >= 15 is 0 Å². The SMILES string of the molecule is CCOC(=O)C[C@H](C)[C@@H]1OC(C)(C)O[C@H]([C@H](OCc2ccccc2)c2ccccc2)[C@@H]1OCc1ccccc1. The maximum absolute atomic E-state index is 12.5. The van der Waals surface area contributed by atoms with Gasteiger partial charge in [-0.1, -0.05) is 97.9 Å². The van der Waals surface area contributed by atoms with E-state index < -0.39 is 30.2 Å². The first kappa shape index (κ1) is 29.0. The molecule has 1 aliphatic heterocycles. The molecule has 39 heavy (non-hydrogen) atoms. The number of ether oxygens (including phenoxy) is 5. The molecule has 3 aromatic carbocycles. The summed E-state index contributed by atoms with van der Waals surface area (Å²) in [6, 6.07) is 30.2. The summed E-state index contributed by atoms with van der Waals surface area (Å²) in [5, 5.41) is 0. The quantitative estimate of drug-likeness (QED) is 0.244. The van der Waals surface area contributed by atoms with Crippen molar-refractivity contribution >= 4 is 5.97 Å².